The van der Waals surface area contributed by atoms with Gasteiger partial charge in [0.05, 0.1) is 6.67 Å². The summed E-state index contributed by atoms with van der Waals surface area (Å²) < 4.78 is 0. The molecule has 1 fully saturated rings. The smallest absolute Gasteiger partial charge is 0.0712 e. The Balaban J connectivity index is 2.25. The van der Waals surface area contributed by atoms with Crippen LogP contribution in [0.4, 0.5) is 5.69 Å². The number of nitrogens with zero attached hydrogens (tertiary/aromatic N) is 2. The zero-order valence-electron chi connectivity index (χ0n) is 12.7. The van der Waals surface area contributed by atoms with Crippen LogP contribution in [-0.2, 0) is 0 Å². The third kappa shape index (κ3) is 2.54. The lowest BCUT2D eigenvalue weighted by Gasteiger charge is -2.32. The Bertz CT molecular complexity index is 420. The summed E-state index contributed by atoms with van der Waals surface area (Å²) in [5.41, 5.74) is 5.88. The van der Waals surface area contributed by atoms with Gasteiger partial charge in [0.1, 0.15) is 0 Å². The van der Waals surface area contributed by atoms with Crippen molar-refractivity contribution in [1.29, 1.82) is 0 Å². The largest absolute Gasteiger partial charge is 0.357 e. The maximum atomic E-state index is 2.55. The topological polar surface area (TPSA) is 6.48 Å². The van der Waals surface area contributed by atoms with Crippen LogP contribution in [0.5, 0.6) is 0 Å². The summed E-state index contributed by atoms with van der Waals surface area (Å²) in [6.45, 7) is 16.9. The highest BCUT2D eigenvalue weighted by Crippen LogP contribution is 2.30. The number of rotatable bonds is 1. The van der Waals surface area contributed by atoms with Gasteiger partial charge in [0.25, 0.3) is 0 Å². The van der Waals surface area contributed by atoms with Crippen LogP contribution in [-0.4, -0.2) is 30.2 Å². The van der Waals surface area contributed by atoms with Crippen molar-refractivity contribution in [2.75, 3.05) is 24.7 Å². The number of aryl methyl sites for hydroxylation is 3. The second kappa shape index (κ2) is 4.58. The first-order chi connectivity index (χ1) is 8.29. The van der Waals surface area contributed by atoms with Crippen molar-refractivity contribution in [3.8, 4) is 0 Å². The number of anilines is 1. The van der Waals surface area contributed by atoms with E-state index in [1.165, 1.54) is 22.4 Å². The molecule has 0 saturated carbocycles. The standard InChI is InChI=1S/C16H26N2/c1-12-9-13(2)15(14(3)10-12)17-7-8-18(11-17)16(4,5)6/h9-10H,7-8,11H2,1-6H3. The lowest BCUT2D eigenvalue weighted by Crippen LogP contribution is -2.40. The van der Waals surface area contributed by atoms with Gasteiger partial charge in [-0.15, -0.1) is 0 Å². The van der Waals surface area contributed by atoms with E-state index in [0.29, 0.717) is 0 Å². The Morgan fingerprint density at radius 1 is 0.944 bits per heavy atom. The third-order valence-corrected chi connectivity index (χ3v) is 3.88. The molecule has 0 amide bonds. The van der Waals surface area contributed by atoms with Crippen LogP contribution in [0.2, 0.25) is 0 Å². The molecule has 1 heterocycles. The van der Waals surface area contributed by atoms with Crippen molar-refractivity contribution in [2.24, 2.45) is 0 Å². The molecular formula is C16H26N2. The van der Waals surface area contributed by atoms with Gasteiger partial charge in [-0.25, -0.2) is 0 Å². The van der Waals surface area contributed by atoms with Crippen LogP contribution >= 0.6 is 0 Å². The summed E-state index contributed by atoms with van der Waals surface area (Å²) in [5.74, 6) is 0. The van der Waals surface area contributed by atoms with E-state index in [1.807, 2.05) is 0 Å². The molecule has 2 nitrogen and oxygen atoms in total. The Morgan fingerprint density at radius 3 is 1.94 bits per heavy atom. The van der Waals surface area contributed by atoms with Crippen molar-refractivity contribution < 1.29 is 0 Å². The Hall–Kier alpha value is -1.02. The number of hydrogen-bond acceptors (Lipinski definition) is 2. The molecule has 0 N–H and O–H groups in total. The molecule has 18 heavy (non-hydrogen) atoms. The fourth-order valence-electron chi connectivity index (χ4n) is 2.99. The van der Waals surface area contributed by atoms with E-state index in [2.05, 4.69) is 63.5 Å². The molecule has 1 aromatic carbocycles. The molecule has 0 radical (unpaired) electrons. The van der Waals surface area contributed by atoms with Crippen LogP contribution < -0.4 is 4.90 Å². The molecule has 0 aromatic heterocycles. The molecule has 2 rings (SSSR count). The van der Waals surface area contributed by atoms with Crippen molar-refractivity contribution in [1.82, 2.24) is 4.90 Å². The summed E-state index contributed by atoms with van der Waals surface area (Å²) in [7, 11) is 0. The lowest BCUT2D eigenvalue weighted by atomic mass is 10.0. The molecular weight excluding hydrogens is 220 g/mol. The maximum absolute atomic E-state index is 2.55. The van der Waals surface area contributed by atoms with E-state index in [0.717, 1.165) is 19.8 Å². The Labute approximate surface area is 112 Å². The van der Waals surface area contributed by atoms with Gasteiger partial charge in [0.2, 0.25) is 0 Å². The predicted octanol–water partition coefficient (Wildman–Crippen LogP) is 3.49. The predicted molar refractivity (Wildman–Crippen MR) is 79.3 cm³/mol. The molecule has 0 bridgehead atoms. The summed E-state index contributed by atoms with van der Waals surface area (Å²) >= 11 is 0. The molecule has 1 aliphatic rings. The molecule has 0 spiro atoms. The van der Waals surface area contributed by atoms with Crippen molar-refractivity contribution in [3.05, 3.63) is 28.8 Å². The highest BCUT2D eigenvalue weighted by Gasteiger charge is 2.29. The second-order valence-corrected chi connectivity index (χ2v) is 6.59. The Morgan fingerprint density at radius 2 is 1.50 bits per heavy atom. The van der Waals surface area contributed by atoms with Gasteiger partial charge < -0.3 is 4.90 Å². The first-order valence-corrected chi connectivity index (χ1v) is 6.87. The highest BCUT2D eigenvalue weighted by molar-refractivity contribution is 5.60. The van der Waals surface area contributed by atoms with Gasteiger partial charge >= 0.3 is 0 Å². The lowest BCUT2D eigenvalue weighted by molar-refractivity contribution is 0.177. The molecule has 0 aliphatic carbocycles. The molecule has 2 heteroatoms. The van der Waals surface area contributed by atoms with Crippen molar-refractivity contribution in [3.63, 3.8) is 0 Å². The highest BCUT2D eigenvalue weighted by atomic mass is 15.4. The summed E-state index contributed by atoms with van der Waals surface area (Å²) in [6, 6.07) is 4.59. The van der Waals surface area contributed by atoms with Gasteiger partial charge in [-0.3, -0.25) is 4.90 Å². The van der Waals surface area contributed by atoms with Crippen LogP contribution in [0.3, 0.4) is 0 Å². The molecule has 0 unspecified atom stereocenters. The first-order valence-electron chi connectivity index (χ1n) is 6.87. The summed E-state index contributed by atoms with van der Waals surface area (Å²) in [5, 5.41) is 0. The first kappa shape index (κ1) is 13.4. The van der Waals surface area contributed by atoms with E-state index in [4.69, 9.17) is 0 Å². The minimum Gasteiger partial charge on any atom is -0.357 e. The quantitative estimate of drug-likeness (QED) is 0.748. The zero-order valence-corrected chi connectivity index (χ0v) is 12.7. The summed E-state index contributed by atoms with van der Waals surface area (Å²) in [4.78, 5) is 5.07. The van der Waals surface area contributed by atoms with Crippen molar-refractivity contribution in [2.45, 2.75) is 47.1 Å². The second-order valence-electron chi connectivity index (χ2n) is 6.59. The van der Waals surface area contributed by atoms with Gasteiger partial charge in [-0.2, -0.15) is 0 Å². The average Bonchev–Trinajstić information content (AvgIpc) is 2.64. The van der Waals surface area contributed by atoms with Crippen LogP contribution in [0, 0.1) is 20.8 Å². The minimum atomic E-state index is 0.265. The molecule has 1 aromatic rings. The fraction of sp³-hybridized carbons (Fsp3) is 0.625. The van der Waals surface area contributed by atoms with Crippen LogP contribution in [0.1, 0.15) is 37.5 Å². The SMILES string of the molecule is Cc1cc(C)c(N2CCN(C(C)(C)C)C2)c(C)c1. The average molecular weight is 246 g/mol. The number of benzene rings is 1. The van der Waals surface area contributed by atoms with Gasteiger partial charge in [-0.1, -0.05) is 17.7 Å². The van der Waals surface area contributed by atoms with E-state index in [-0.39, 0.29) is 5.54 Å². The zero-order chi connectivity index (χ0) is 13.5. The summed E-state index contributed by atoms with van der Waals surface area (Å²) in [6.07, 6.45) is 0. The molecule has 1 saturated heterocycles. The monoisotopic (exact) mass is 246 g/mol. The van der Waals surface area contributed by atoms with E-state index in [9.17, 15) is 0 Å². The molecule has 0 atom stereocenters. The minimum absolute atomic E-state index is 0.265. The Kier molecular flexibility index (Phi) is 3.41. The van der Waals surface area contributed by atoms with Gasteiger partial charge in [0.15, 0.2) is 0 Å². The van der Waals surface area contributed by atoms with E-state index in [1.54, 1.807) is 0 Å². The normalized spacial score (nSPS) is 17.6. The van der Waals surface area contributed by atoms with Crippen LogP contribution in [0.15, 0.2) is 12.1 Å². The van der Waals surface area contributed by atoms with Crippen molar-refractivity contribution >= 4 is 5.69 Å². The maximum Gasteiger partial charge on any atom is 0.0712 e. The van der Waals surface area contributed by atoms with Gasteiger partial charge in [-0.05, 0) is 52.7 Å². The number of hydrogen-bond donors (Lipinski definition) is 0. The van der Waals surface area contributed by atoms with Gasteiger partial charge in [0, 0.05) is 24.3 Å². The molecule has 1 aliphatic heterocycles. The fourth-order valence-corrected chi connectivity index (χ4v) is 2.99. The van der Waals surface area contributed by atoms with E-state index < -0.39 is 0 Å². The van der Waals surface area contributed by atoms with Crippen LogP contribution in [0.25, 0.3) is 0 Å². The third-order valence-electron chi connectivity index (χ3n) is 3.88. The van der Waals surface area contributed by atoms with E-state index >= 15 is 0 Å². The molecule has 100 valence electrons.